The van der Waals surface area contributed by atoms with Gasteiger partial charge in [-0.25, -0.2) is 9.55 Å². The molecule has 3 rings (SSSR count). The lowest BCUT2D eigenvalue weighted by atomic mass is 10.1. The molecule has 1 aromatic carbocycles. The maximum atomic E-state index is 5.42. The second-order valence-electron chi connectivity index (χ2n) is 5.17. The van der Waals surface area contributed by atoms with Crippen molar-refractivity contribution in [1.29, 1.82) is 0 Å². The van der Waals surface area contributed by atoms with Crippen LogP contribution in [0.5, 0.6) is 0 Å². The monoisotopic (exact) mass is 314 g/mol. The number of guanidine groups is 1. The van der Waals surface area contributed by atoms with Crippen LogP contribution in [-0.4, -0.2) is 23.3 Å². The Hall–Kier alpha value is -3.07. The number of rotatable bonds is 6. The first-order valence-corrected chi connectivity index (χ1v) is 7.30. The molecule has 0 aliphatic carbocycles. The Bertz CT molecular complexity index is 768. The number of aromatic amines is 1. The lowest BCUT2D eigenvalue weighted by molar-refractivity contribution is -0.695. The van der Waals surface area contributed by atoms with Crippen molar-refractivity contribution in [3.05, 3.63) is 53.6 Å². The van der Waals surface area contributed by atoms with E-state index in [4.69, 9.17) is 11.5 Å². The van der Waals surface area contributed by atoms with Gasteiger partial charge in [-0.1, -0.05) is 23.3 Å². The van der Waals surface area contributed by atoms with Crippen LogP contribution in [0, 0.1) is 0 Å². The Morgan fingerprint density at radius 3 is 2.96 bits per heavy atom. The average molecular weight is 314 g/mol. The number of imidazole rings is 1. The number of hydrogen-bond acceptors (Lipinski definition) is 3. The van der Waals surface area contributed by atoms with Gasteiger partial charge in [0.1, 0.15) is 18.4 Å². The first kappa shape index (κ1) is 14.9. The van der Waals surface area contributed by atoms with E-state index in [9.17, 15) is 0 Å². The molecule has 0 spiro atoms. The van der Waals surface area contributed by atoms with Crippen LogP contribution in [0.25, 0.3) is 0 Å². The van der Waals surface area contributed by atoms with Gasteiger partial charge in [0.15, 0.2) is 0 Å². The Labute approximate surface area is 132 Å². The van der Waals surface area contributed by atoms with E-state index in [-0.39, 0.29) is 5.96 Å². The number of nitrogens with one attached hydrogen (secondary N) is 2. The quantitative estimate of drug-likeness (QED) is 0.166. The third-order valence-electron chi connectivity index (χ3n) is 3.58. The molecule has 0 bridgehead atoms. The predicted octanol–water partition coefficient (Wildman–Crippen LogP) is -3.15. The topological polar surface area (TPSA) is 139 Å². The highest BCUT2D eigenvalue weighted by atomic mass is 15.6. The van der Waals surface area contributed by atoms with Gasteiger partial charge in [0.05, 0.1) is 17.3 Å². The van der Waals surface area contributed by atoms with Gasteiger partial charge in [0.25, 0.3) is 5.84 Å². The van der Waals surface area contributed by atoms with Crippen LogP contribution in [-0.2, 0) is 13.0 Å². The Morgan fingerprint density at radius 1 is 1.30 bits per heavy atom. The SMILES string of the molecule is NC(N)=[NH+]CCc1c[nH]c[n+]1Cc1ccccc1C1=NN=N[NH2+]1. The number of hydrogen-bond donors (Lipinski definition) is 5. The third kappa shape index (κ3) is 3.58. The number of aromatic nitrogens is 2. The predicted molar refractivity (Wildman–Crippen MR) is 82.8 cm³/mol. The van der Waals surface area contributed by atoms with Gasteiger partial charge >= 0.3 is 5.96 Å². The molecule has 1 aliphatic heterocycles. The summed E-state index contributed by atoms with van der Waals surface area (Å²) in [6.45, 7) is 1.41. The maximum Gasteiger partial charge on any atom is 0.338 e. The highest BCUT2D eigenvalue weighted by Crippen LogP contribution is 2.09. The third-order valence-corrected chi connectivity index (χ3v) is 3.58. The van der Waals surface area contributed by atoms with Gasteiger partial charge < -0.3 is 0 Å². The maximum absolute atomic E-state index is 5.42. The van der Waals surface area contributed by atoms with Crippen molar-refractivity contribution in [2.75, 3.05) is 6.54 Å². The van der Waals surface area contributed by atoms with Crippen molar-refractivity contribution < 1.29 is 15.0 Å². The molecule has 0 radical (unpaired) electrons. The minimum Gasteiger partial charge on any atom is -0.291 e. The molecule has 9 heteroatoms. The molecule has 23 heavy (non-hydrogen) atoms. The number of nitrogens with two attached hydrogens (primary N) is 3. The molecule has 2 aromatic rings. The second-order valence-corrected chi connectivity index (χ2v) is 5.17. The minimum atomic E-state index is 0.236. The Morgan fingerprint density at radius 2 is 2.17 bits per heavy atom. The zero-order valence-corrected chi connectivity index (χ0v) is 12.6. The first-order chi connectivity index (χ1) is 11.2. The van der Waals surface area contributed by atoms with Crippen LogP contribution in [0.1, 0.15) is 16.8 Å². The Balaban J connectivity index is 1.78. The van der Waals surface area contributed by atoms with Crippen LogP contribution in [0.15, 0.2) is 52.3 Å². The normalized spacial score (nSPS) is 13.1. The summed E-state index contributed by atoms with van der Waals surface area (Å²) in [5.74, 6) is 1.02. The molecule has 1 aliphatic rings. The van der Waals surface area contributed by atoms with E-state index in [2.05, 4.69) is 36.2 Å². The highest BCUT2D eigenvalue weighted by Gasteiger charge is 2.19. The minimum absolute atomic E-state index is 0.236. The van der Waals surface area contributed by atoms with Gasteiger partial charge in [-0.3, -0.25) is 16.5 Å². The molecule has 0 saturated heterocycles. The van der Waals surface area contributed by atoms with Gasteiger partial charge in [-0.15, -0.1) is 5.43 Å². The molecule has 0 atom stereocenters. The second kappa shape index (κ2) is 6.79. The molecule has 9 nitrogen and oxygen atoms in total. The van der Waals surface area contributed by atoms with Crippen LogP contribution < -0.4 is 26.5 Å². The number of amidine groups is 1. The first-order valence-electron chi connectivity index (χ1n) is 7.30. The van der Waals surface area contributed by atoms with Crippen molar-refractivity contribution in [2.45, 2.75) is 13.0 Å². The Kier molecular flexibility index (Phi) is 4.39. The van der Waals surface area contributed by atoms with E-state index in [1.54, 1.807) is 5.43 Å². The van der Waals surface area contributed by atoms with E-state index in [1.165, 1.54) is 0 Å². The van der Waals surface area contributed by atoms with Crippen molar-refractivity contribution in [1.82, 2.24) is 4.98 Å². The molecule has 1 aromatic heterocycles. The molecular weight excluding hydrogens is 294 g/mol. The number of H-pyrrole nitrogens is 1. The smallest absolute Gasteiger partial charge is 0.291 e. The molecule has 0 fully saturated rings. The summed E-state index contributed by atoms with van der Waals surface area (Å²) < 4.78 is 2.15. The van der Waals surface area contributed by atoms with Crippen molar-refractivity contribution >= 4 is 11.8 Å². The van der Waals surface area contributed by atoms with Gasteiger partial charge in [0.2, 0.25) is 6.33 Å². The van der Waals surface area contributed by atoms with E-state index >= 15 is 0 Å². The summed E-state index contributed by atoms with van der Waals surface area (Å²) in [6, 6.07) is 8.11. The van der Waals surface area contributed by atoms with Gasteiger partial charge in [-0.2, -0.15) is 0 Å². The van der Waals surface area contributed by atoms with Crippen LogP contribution in [0.2, 0.25) is 0 Å². The number of quaternary nitrogens is 1. The van der Waals surface area contributed by atoms with Crippen molar-refractivity contribution in [3.63, 3.8) is 0 Å². The summed E-state index contributed by atoms with van der Waals surface area (Å²) in [5, 5.41) is 11.5. The molecule has 0 unspecified atom stereocenters. The lowest BCUT2D eigenvalue weighted by Gasteiger charge is -2.05. The molecule has 2 heterocycles. The summed E-state index contributed by atoms with van der Waals surface area (Å²) in [6.07, 6.45) is 4.72. The fraction of sp³-hybridized carbons (Fsp3) is 0.214. The number of benzene rings is 1. The summed E-state index contributed by atoms with van der Waals surface area (Å²) in [7, 11) is 0. The molecular formula is C14H20N9+3. The molecule has 118 valence electrons. The van der Waals surface area contributed by atoms with Crippen LogP contribution >= 0.6 is 0 Å². The molecule has 0 amide bonds. The van der Waals surface area contributed by atoms with E-state index < -0.39 is 0 Å². The zero-order chi connectivity index (χ0) is 16.1. The zero-order valence-electron chi connectivity index (χ0n) is 12.6. The summed E-state index contributed by atoms with van der Waals surface area (Å²) >= 11 is 0. The number of nitrogens with zero attached hydrogens (tertiary/aromatic N) is 4. The van der Waals surface area contributed by atoms with E-state index in [1.807, 2.05) is 30.7 Å². The summed E-state index contributed by atoms with van der Waals surface area (Å²) in [4.78, 5) is 6.06. The molecule has 0 saturated carbocycles. The standard InChI is InChI=1S/C14H17N9/c15-14(16)18-6-5-11-7-17-9-23(11)8-10-3-1-2-4-12(10)13-19-21-22-20-13/h1-4,7,9H,5-6,8H2,(H5,15,16,18,19,20,21,22)/p+3. The van der Waals surface area contributed by atoms with Crippen LogP contribution in [0.3, 0.4) is 0 Å². The van der Waals surface area contributed by atoms with Crippen LogP contribution in [0.4, 0.5) is 0 Å². The highest BCUT2D eigenvalue weighted by molar-refractivity contribution is 5.92. The average Bonchev–Trinajstić information content (AvgIpc) is 3.20. The van der Waals surface area contributed by atoms with E-state index in [0.29, 0.717) is 6.54 Å². The van der Waals surface area contributed by atoms with Crippen molar-refractivity contribution in [3.8, 4) is 0 Å². The fourth-order valence-corrected chi connectivity index (χ4v) is 2.48. The fourth-order valence-electron chi connectivity index (χ4n) is 2.48. The summed E-state index contributed by atoms with van der Waals surface area (Å²) in [5.41, 5.74) is 15.8. The largest absolute Gasteiger partial charge is 0.338 e. The van der Waals surface area contributed by atoms with Gasteiger partial charge in [-0.05, 0) is 6.07 Å². The van der Waals surface area contributed by atoms with E-state index in [0.717, 1.165) is 35.6 Å². The van der Waals surface area contributed by atoms with Gasteiger partial charge in [0, 0.05) is 17.2 Å². The van der Waals surface area contributed by atoms with Crippen molar-refractivity contribution in [2.24, 2.45) is 27.0 Å². The molecule has 8 N–H and O–H groups in total. The lowest BCUT2D eigenvalue weighted by Crippen LogP contribution is -2.80.